The van der Waals surface area contributed by atoms with Crippen molar-refractivity contribution in [1.82, 2.24) is 0 Å². The average molecular weight is 175 g/mol. The Kier molecular flexibility index (Phi) is 2.34. The Morgan fingerprint density at radius 2 is 2.09 bits per heavy atom. The molecule has 11 heavy (non-hydrogen) atoms. The summed E-state index contributed by atoms with van der Waals surface area (Å²) >= 11 is 0. The van der Waals surface area contributed by atoms with E-state index in [1.54, 1.807) is 6.08 Å². The topological polar surface area (TPSA) is 60.2 Å². The number of rotatable bonds is 3. The summed E-state index contributed by atoms with van der Waals surface area (Å²) < 4.78 is 21.3. The molecule has 4 heteroatoms. The van der Waals surface area contributed by atoms with Gasteiger partial charge in [0.25, 0.3) is 0 Å². The highest BCUT2D eigenvalue weighted by Crippen LogP contribution is 2.31. The summed E-state index contributed by atoms with van der Waals surface area (Å²) in [7, 11) is -2.99. The smallest absolute Gasteiger partial charge is 0.168 e. The van der Waals surface area contributed by atoms with Gasteiger partial charge < -0.3 is 5.73 Å². The minimum Gasteiger partial charge on any atom is -0.324 e. The van der Waals surface area contributed by atoms with Gasteiger partial charge in [-0.2, -0.15) is 0 Å². The lowest BCUT2D eigenvalue weighted by molar-refractivity contribution is 0.609. The predicted molar refractivity (Wildman–Crippen MR) is 44.7 cm³/mol. The molecule has 0 aliphatic heterocycles. The van der Waals surface area contributed by atoms with Crippen LogP contribution in [0.15, 0.2) is 11.5 Å². The molecular formula is C7H13NO2S. The molecule has 0 aromatic carbocycles. The second-order valence-corrected chi connectivity index (χ2v) is 5.00. The molecule has 0 spiro atoms. The number of hydrogen-bond acceptors (Lipinski definition) is 3. The van der Waals surface area contributed by atoms with Gasteiger partial charge >= 0.3 is 0 Å². The Labute approximate surface area is 67.2 Å². The highest BCUT2D eigenvalue weighted by Gasteiger charge is 2.26. The number of nitrogens with two attached hydrogens (primary N) is 1. The van der Waals surface area contributed by atoms with Gasteiger partial charge in [0.2, 0.25) is 0 Å². The SMILES string of the molecule is CS(=O)(=O)C=CC(N)C1CC1. The molecule has 1 saturated carbocycles. The van der Waals surface area contributed by atoms with Gasteiger partial charge in [-0.05, 0) is 18.8 Å². The van der Waals surface area contributed by atoms with E-state index in [9.17, 15) is 8.42 Å². The Morgan fingerprint density at radius 1 is 1.55 bits per heavy atom. The zero-order valence-electron chi connectivity index (χ0n) is 6.53. The summed E-state index contributed by atoms with van der Waals surface area (Å²) in [6.07, 6.45) is 5.01. The van der Waals surface area contributed by atoms with Crippen molar-refractivity contribution in [2.45, 2.75) is 18.9 Å². The third kappa shape index (κ3) is 3.53. The molecule has 0 heterocycles. The van der Waals surface area contributed by atoms with Crippen molar-refractivity contribution in [1.29, 1.82) is 0 Å². The molecule has 1 rings (SSSR count). The maximum Gasteiger partial charge on any atom is 0.168 e. The van der Waals surface area contributed by atoms with Crippen molar-refractivity contribution in [2.75, 3.05) is 6.26 Å². The standard InChI is InChI=1S/C7H13NO2S/c1-11(9,10)5-4-7(8)6-2-3-6/h4-7H,2-3,8H2,1H3. The first kappa shape index (κ1) is 8.74. The normalized spacial score (nSPS) is 22.4. The van der Waals surface area contributed by atoms with Crippen LogP contribution >= 0.6 is 0 Å². The van der Waals surface area contributed by atoms with Crippen LogP contribution in [-0.4, -0.2) is 20.7 Å². The molecule has 0 aromatic heterocycles. The third-order valence-corrected chi connectivity index (χ3v) is 2.37. The Morgan fingerprint density at radius 3 is 2.45 bits per heavy atom. The Balaban J connectivity index is 2.45. The lowest BCUT2D eigenvalue weighted by Gasteiger charge is -2.00. The first-order chi connectivity index (χ1) is 4.99. The van der Waals surface area contributed by atoms with Crippen molar-refractivity contribution in [2.24, 2.45) is 11.7 Å². The lowest BCUT2D eigenvalue weighted by atomic mass is 10.2. The van der Waals surface area contributed by atoms with Crippen molar-refractivity contribution in [3.8, 4) is 0 Å². The van der Waals surface area contributed by atoms with Crippen LogP contribution < -0.4 is 5.73 Å². The first-order valence-electron chi connectivity index (χ1n) is 3.63. The quantitative estimate of drug-likeness (QED) is 0.670. The van der Waals surface area contributed by atoms with Crippen LogP contribution in [0.1, 0.15) is 12.8 Å². The van der Waals surface area contributed by atoms with E-state index in [0.717, 1.165) is 12.8 Å². The van der Waals surface area contributed by atoms with Crippen LogP contribution in [0.2, 0.25) is 0 Å². The maximum absolute atomic E-state index is 10.6. The molecule has 0 amide bonds. The third-order valence-electron chi connectivity index (χ3n) is 1.71. The molecule has 0 aromatic rings. The average Bonchev–Trinajstić information content (AvgIpc) is 2.61. The number of sulfone groups is 1. The summed E-state index contributed by atoms with van der Waals surface area (Å²) in [5.74, 6) is 0.521. The fraction of sp³-hybridized carbons (Fsp3) is 0.714. The highest BCUT2D eigenvalue weighted by atomic mass is 32.2. The van der Waals surface area contributed by atoms with E-state index in [0.29, 0.717) is 5.92 Å². The minimum atomic E-state index is -2.99. The molecule has 2 N–H and O–H groups in total. The van der Waals surface area contributed by atoms with Crippen molar-refractivity contribution in [3.05, 3.63) is 11.5 Å². The first-order valence-corrected chi connectivity index (χ1v) is 5.58. The van der Waals surface area contributed by atoms with Gasteiger partial charge in [0, 0.05) is 17.7 Å². The molecule has 64 valence electrons. The molecule has 1 aliphatic rings. The van der Waals surface area contributed by atoms with E-state index in [2.05, 4.69) is 0 Å². The van der Waals surface area contributed by atoms with E-state index in [1.165, 1.54) is 11.7 Å². The fourth-order valence-corrected chi connectivity index (χ4v) is 1.34. The summed E-state index contributed by atoms with van der Waals surface area (Å²) in [4.78, 5) is 0. The summed E-state index contributed by atoms with van der Waals surface area (Å²) in [5.41, 5.74) is 5.63. The maximum atomic E-state index is 10.6. The van der Waals surface area contributed by atoms with Gasteiger partial charge in [-0.3, -0.25) is 0 Å². The van der Waals surface area contributed by atoms with Gasteiger partial charge in [-0.1, -0.05) is 6.08 Å². The Bertz CT molecular complexity index is 252. The second kappa shape index (κ2) is 2.95. The lowest BCUT2D eigenvalue weighted by Crippen LogP contribution is -2.19. The molecule has 1 unspecified atom stereocenters. The second-order valence-electron chi connectivity index (χ2n) is 3.07. The van der Waals surface area contributed by atoms with E-state index >= 15 is 0 Å². The van der Waals surface area contributed by atoms with Crippen LogP contribution in [0.5, 0.6) is 0 Å². The van der Waals surface area contributed by atoms with E-state index in [-0.39, 0.29) is 6.04 Å². The zero-order chi connectivity index (χ0) is 8.48. The van der Waals surface area contributed by atoms with Gasteiger partial charge in [0.15, 0.2) is 9.84 Å². The van der Waals surface area contributed by atoms with Gasteiger partial charge in [-0.25, -0.2) is 8.42 Å². The van der Waals surface area contributed by atoms with Crippen LogP contribution in [0.4, 0.5) is 0 Å². The van der Waals surface area contributed by atoms with Crippen LogP contribution in [-0.2, 0) is 9.84 Å². The zero-order valence-corrected chi connectivity index (χ0v) is 7.34. The number of hydrogen-bond donors (Lipinski definition) is 1. The van der Waals surface area contributed by atoms with E-state index in [1.807, 2.05) is 0 Å². The van der Waals surface area contributed by atoms with Crippen LogP contribution in [0.3, 0.4) is 0 Å². The van der Waals surface area contributed by atoms with E-state index in [4.69, 9.17) is 5.73 Å². The van der Waals surface area contributed by atoms with Crippen LogP contribution in [0, 0.1) is 5.92 Å². The summed E-state index contributed by atoms with van der Waals surface area (Å²) in [5, 5.41) is 1.19. The molecule has 1 atom stereocenters. The molecule has 0 radical (unpaired) electrons. The molecular weight excluding hydrogens is 162 g/mol. The van der Waals surface area contributed by atoms with Crippen molar-refractivity contribution < 1.29 is 8.42 Å². The minimum absolute atomic E-state index is 0.0651. The molecule has 1 aliphatic carbocycles. The van der Waals surface area contributed by atoms with Gasteiger partial charge in [0.05, 0.1) is 0 Å². The van der Waals surface area contributed by atoms with Gasteiger partial charge in [0.1, 0.15) is 0 Å². The predicted octanol–water partition coefficient (Wildman–Crippen LogP) is 0.282. The summed E-state index contributed by atoms with van der Waals surface area (Å²) in [6, 6.07) is -0.0651. The monoisotopic (exact) mass is 175 g/mol. The molecule has 0 saturated heterocycles. The molecule has 3 nitrogen and oxygen atoms in total. The fourth-order valence-electron chi connectivity index (χ4n) is 0.872. The van der Waals surface area contributed by atoms with Crippen molar-refractivity contribution in [3.63, 3.8) is 0 Å². The summed E-state index contributed by atoms with van der Waals surface area (Å²) in [6.45, 7) is 0. The highest BCUT2D eigenvalue weighted by molar-refractivity contribution is 7.93. The van der Waals surface area contributed by atoms with Gasteiger partial charge in [-0.15, -0.1) is 0 Å². The molecule has 1 fully saturated rings. The van der Waals surface area contributed by atoms with Crippen molar-refractivity contribution >= 4 is 9.84 Å². The largest absolute Gasteiger partial charge is 0.324 e. The molecule has 0 bridgehead atoms. The van der Waals surface area contributed by atoms with E-state index < -0.39 is 9.84 Å². The van der Waals surface area contributed by atoms with Crippen LogP contribution in [0.25, 0.3) is 0 Å². The Hall–Kier alpha value is -0.350.